The Kier molecular flexibility index (Phi) is 4.66. The van der Waals surface area contributed by atoms with Crippen molar-refractivity contribution >= 4 is 17.5 Å². The lowest BCUT2D eigenvalue weighted by Crippen LogP contribution is -2.46. The molecule has 1 saturated carbocycles. The molecule has 1 heterocycles. The zero-order chi connectivity index (χ0) is 16.4. The number of hydrogen-bond acceptors (Lipinski definition) is 3. The van der Waals surface area contributed by atoms with Gasteiger partial charge < -0.3 is 15.3 Å². The van der Waals surface area contributed by atoms with E-state index in [1.165, 1.54) is 0 Å². The van der Waals surface area contributed by atoms with Crippen LogP contribution in [0.15, 0.2) is 24.3 Å². The maximum atomic E-state index is 12.7. The highest BCUT2D eigenvalue weighted by Crippen LogP contribution is 2.30. The van der Waals surface area contributed by atoms with E-state index in [0.29, 0.717) is 12.1 Å². The van der Waals surface area contributed by atoms with Crippen molar-refractivity contribution in [3.8, 4) is 0 Å². The number of carbonyl (C=O) groups excluding carboxylic acids is 2. The summed E-state index contributed by atoms with van der Waals surface area (Å²) >= 11 is 0. The molecule has 3 rings (SSSR count). The van der Waals surface area contributed by atoms with E-state index in [-0.39, 0.29) is 36.3 Å². The third-order valence-corrected chi connectivity index (χ3v) is 4.85. The standard InChI is InChI=1S/C18H24N2O3/c1-12-2-3-13(11-21)10-20(12)18(23)15-6-8-16(9-7-15)19-17(22)14-4-5-14/h6-9,12-14,21H,2-5,10-11H2,1H3,(H,19,22). The van der Waals surface area contributed by atoms with Crippen molar-refractivity contribution < 1.29 is 14.7 Å². The van der Waals surface area contributed by atoms with Crippen LogP contribution in [-0.4, -0.2) is 41.0 Å². The van der Waals surface area contributed by atoms with Gasteiger partial charge in [-0.3, -0.25) is 9.59 Å². The van der Waals surface area contributed by atoms with Crippen molar-refractivity contribution in [1.82, 2.24) is 4.90 Å². The van der Waals surface area contributed by atoms with Gasteiger partial charge in [-0.1, -0.05) is 0 Å². The van der Waals surface area contributed by atoms with E-state index in [0.717, 1.165) is 31.4 Å². The second-order valence-electron chi connectivity index (χ2n) is 6.77. The van der Waals surface area contributed by atoms with Gasteiger partial charge in [0, 0.05) is 36.4 Å². The number of aliphatic hydroxyl groups is 1. The molecule has 2 N–H and O–H groups in total. The number of amides is 2. The Labute approximate surface area is 136 Å². The first-order valence-corrected chi connectivity index (χ1v) is 8.41. The van der Waals surface area contributed by atoms with Gasteiger partial charge in [0.2, 0.25) is 5.91 Å². The summed E-state index contributed by atoms with van der Waals surface area (Å²) in [6.07, 6.45) is 3.84. The molecule has 0 bridgehead atoms. The average Bonchev–Trinajstić information content (AvgIpc) is 3.40. The normalized spacial score (nSPS) is 24.3. The number of nitrogens with one attached hydrogen (secondary N) is 1. The predicted octanol–water partition coefficient (Wildman–Crippen LogP) is 2.27. The van der Waals surface area contributed by atoms with Gasteiger partial charge in [0.15, 0.2) is 0 Å². The number of benzene rings is 1. The Morgan fingerprint density at radius 2 is 1.87 bits per heavy atom. The van der Waals surface area contributed by atoms with Gasteiger partial charge in [0.1, 0.15) is 0 Å². The van der Waals surface area contributed by atoms with Crippen LogP contribution in [0.2, 0.25) is 0 Å². The fourth-order valence-corrected chi connectivity index (χ4v) is 3.07. The molecule has 2 amide bonds. The smallest absolute Gasteiger partial charge is 0.254 e. The lowest BCUT2D eigenvalue weighted by atomic mass is 9.93. The van der Waals surface area contributed by atoms with Crippen molar-refractivity contribution in [2.45, 2.75) is 38.6 Å². The monoisotopic (exact) mass is 316 g/mol. The van der Waals surface area contributed by atoms with Gasteiger partial charge in [-0.05, 0) is 62.8 Å². The summed E-state index contributed by atoms with van der Waals surface area (Å²) < 4.78 is 0. The number of rotatable bonds is 4. The fourth-order valence-electron chi connectivity index (χ4n) is 3.07. The van der Waals surface area contributed by atoms with Gasteiger partial charge in [-0.15, -0.1) is 0 Å². The summed E-state index contributed by atoms with van der Waals surface area (Å²) in [7, 11) is 0. The zero-order valence-electron chi connectivity index (χ0n) is 13.5. The van der Waals surface area contributed by atoms with E-state index < -0.39 is 0 Å². The van der Waals surface area contributed by atoms with Crippen LogP contribution in [0.4, 0.5) is 5.69 Å². The SMILES string of the molecule is CC1CCC(CO)CN1C(=O)c1ccc(NC(=O)C2CC2)cc1. The predicted molar refractivity (Wildman–Crippen MR) is 88.1 cm³/mol. The molecule has 23 heavy (non-hydrogen) atoms. The van der Waals surface area contributed by atoms with Crippen LogP contribution in [0, 0.1) is 11.8 Å². The number of hydrogen-bond donors (Lipinski definition) is 2. The van der Waals surface area contributed by atoms with Crippen LogP contribution in [0.5, 0.6) is 0 Å². The topological polar surface area (TPSA) is 69.6 Å². The molecule has 0 radical (unpaired) electrons. The highest BCUT2D eigenvalue weighted by Gasteiger charge is 2.30. The molecule has 5 heteroatoms. The second kappa shape index (κ2) is 6.71. The Morgan fingerprint density at radius 1 is 1.17 bits per heavy atom. The maximum absolute atomic E-state index is 12.7. The van der Waals surface area contributed by atoms with Gasteiger partial charge in [0.05, 0.1) is 0 Å². The molecule has 1 aliphatic carbocycles. The number of aliphatic hydroxyl groups excluding tert-OH is 1. The van der Waals surface area contributed by atoms with Crippen LogP contribution < -0.4 is 5.32 Å². The van der Waals surface area contributed by atoms with E-state index >= 15 is 0 Å². The maximum Gasteiger partial charge on any atom is 0.254 e. The third-order valence-electron chi connectivity index (χ3n) is 4.85. The molecule has 2 unspecified atom stereocenters. The average molecular weight is 316 g/mol. The molecule has 1 aromatic carbocycles. The second-order valence-corrected chi connectivity index (χ2v) is 6.77. The lowest BCUT2D eigenvalue weighted by Gasteiger charge is -2.37. The van der Waals surface area contributed by atoms with Crippen LogP contribution in [0.1, 0.15) is 43.0 Å². The van der Waals surface area contributed by atoms with Crippen molar-refractivity contribution in [3.05, 3.63) is 29.8 Å². The quantitative estimate of drug-likeness (QED) is 0.895. The van der Waals surface area contributed by atoms with Crippen LogP contribution in [0.3, 0.4) is 0 Å². The minimum Gasteiger partial charge on any atom is -0.396 e. The van der Waals surface area contributed by atoms with Crippen LogP contribution in [-0.2, 0) is 4.79 Å². The van der Waals surface area contributed by atoms with E-state index in [2.05, 4.69) is 12.2 Å². The molecule has 2 aliphatic rings. The molecule has 1 saturated heterocycles. The summed E-state index contributed by atoms with van der Waals surface area (Å²) in [4.78, 5) is 26.3. The Morgan fingerprint density at radius 3 is 2.48 bits per heavy atom. The molecule has 2 atom stereocenters. The van der Waals surface area contributed by atoms with Crippen LogP contribution in [0.25, 0.3) is 0 Å². The van der Waals surface area contributed by atoms with Gasteiger partial charge in [-0.2, -0.15) is 0 Å². The van der Waals surface area contributed by atoms with E-state index in [1.807, 2.05) is 4.90 Å². The highest BCUT2D eigenvalue weighted by atomic mass is 16.3. The largest absolute Gasteiger partial charge is 0.396 e. The van der Waals surface area contributed by atoms with Crippen molar-refractivity contribution in [2.24, 2.45) is 11.8 Å². The molecule has 2 fully saturated rings. The van der Waals surface area contributed by atoms with Crippen LogP contribution >= 0.6 is 0 Å². The number of nitrogens with zero attached hydrogens (tertiary/aromatic N) is 1. The molecule has 1 aliphatic heterocycles. The van der Waals surface area contributed by atoms with Crippen molar-refractivity contribution in [3.63, 3.8) is 0 Å². The summed E-state index contributed by atoms with van der Waals surface area (Å²) in [6, 6.07) is 7.29. The Balaban J connectivity index is 1.65. The molecule has 1 aromatic rings. The minimum absolute atomic E-state index is 0.00396. The zero-order valence-corrected chi connectivity index (χ0v) is 13.5. The highest BCUT2D eigenvalue weighted by molar-refractivity contribution is 5.97. The molecule has 124 valence electrons. The summed E-state index contributed by atoms with van der Waals surface area (Å²) in [5.41, 5.74) is 1.36. The van der Waals surface area contributed by atoms with Gasteiger partial charge in [-0.25, -0.2) is 0 Å². The van der Waals surface area contributed by atoms with Crippen molar-refractivity contribution in [2.75, 3.05) is 18.5 Å². The molecular formula is C18H24N2O3. The number of anilines is 1. The van der Waals surface area contributed by atoms with E-state index in [1.54, 1.807) is 24.3 Å². The molecular weight excluding hydrogens is 292 g/mol. The minimum atomic E-state index is -0.00396. The van der Waals surface area contributed by atoms with Crippen molar-refractivity contribution in [1.29, 1.82) is 0 Å². The number of carbonyl (C=O) groups is 2. The summed E-state index contributed by atoms with van der Waals surface area (Å²) in [6.45, 7) is 2.79. The van der Waals surface area contributed by atoms with Gasteiger partial charge >= 0.3 is 0 Å². The first-order valence-electron chi connectivity index (χ1n) is 8.41. The molecule has 0 spiro atoms. The van der Waals surface area contributed by atoms with E-state index in [9.17, 15) is 14.7 Å². The lowest BCUT2D eigenvalue weighted by molar-refractivity contribution is -0.117. The molecule has 5 nitrogen and oxygen atoms in total. The Hall–Kier alpha value is -1.88. The fraction of sp³-hybridized carbons (Fsp3) is 0.556. The first kappa shape index (κ1) is 16.0. The number of likely N-dealkylation sites (tertiary alicyclic amines) is 1. The molecule has 0 aromatic heterocycles. The van der Waals surface area contributed by atoms with Gasteiger partial charge in [0.25, 0.3) is 5.91 Å². The first-order chi connectivity index (χ1) is 11.1. The Bertz CT molecular complexity index is 580. The van der Waals surface area contributed by atoms with E-state index in [4.69, 9.17) is 0 Å². The summed E-state index contributed by atoms with van der Waals surface area (Å²) in [5, 5.41) is 12.2. The third kappa shape index (κ3) is 3.72. The number of piperidine rings is 1. The summed E-state index contributed by atoms with van der Waals surface area (Å²) in [5.74, 6) is 0.406.